The molecule has 5 nitrogen and oxygen atoms in total. The summed E-state index contributed by atoms with van der Waals surface area (Å²) in [6.07, 6.45) is 0. The number of nitrogens with zero attached hydrogens (tertiary/aromatic N) is 2. The van der Waals surface area contributed by atoms with Crippen LogP contribution in [-0.2, 0) is 11.8 Å². The highest BCUT2D eigenvalue weighted by atomic mass is 35.5. The van der Waals surface area contributed by atoms with Crippen molar-refractivity contribution in [2.24, 2.45) is 12.0 Å². The first-order valence-electron chi connectivity index (χ1n) is 7.58. The molecule has 3 aromatic rings. The number of carbonyl (C=O) groups excluding carboxylic acids is 1. The van der Waals surface area contributed by atoms with E-state index in [9.17, 15) is 4.79 Å². The Labute approximate surface area is 154 Å². The molecule has 0 saturated carbocycles. The third-order valence-electron chi connectivity index (χ3n) is 3.74. The van der Waals surface area contributed by atoms with E-state index in [4.69, 9.17) is 21.1 Å². The molecule has 0 atom stereocenters. The van der Waals surface area contributed by atoms with Crippen LogP contribution in [0.5, 0.6) is 11.5 Å². The Morgan fingerprint density at radius 1 is 1.20 bits per heavy atom. The number of thiazole rings is 1. The molecule has 2 aromatic carbocycles. The molecule has 1 amide bonds. The molecule has 3 rings (SSSR count). The quantitative estimate of drug-likeness (QED) is 0.697. The van der Waals surface area contributed by atoms with E-state index >= 15 is 0 Å². The van der Waals surface area contributed by atoms with Crippen LogP contribution in [0, 0.1) is 6.92 Å². The largest absolute Gasteiger partial charge is 0.497 e. The van der Waals surface area contributed by atoms with Gasteiger partial charge in [0, 0.05) is 7.05 Å². The fourth-order valence-electron chi connectivity index (χ4n) is 2.47. The second kappa shape index (κ2) is 7.29. The first-order valence-corrected chi connectivity index (χ1v) is 8.78. The van der Waals surface area contributed by atoms with Crippen molar-refractivity contribution < 1.29 is 14.3 Å². The minimum absolute atomic E-state index is 0.132. The lowest BCUT2D eigenvalue weighted by molar-refractivity contribution is -0.120. The van der Waals surface area contributed by atoms with E-state index in [2.05, 4.69) is 4.99 Å². The zero-order chi connectivity index (χ0) is 18.0. The maximum Gasteiger partial charge on any atom is 0.286 e. The summed E-state index contributed by atoms with van der Waals surface area (Å²) >= 11 is 7.64. The van der Waals surface area contributed by atoms with Crippen LogP contribution in [0.3, 0.4) is 0 Å². The smallest absolute Gasteiger partial charge is 0.286 e. The van der Waals surface area contributed by atoms with Crippen LogP contribution in [0.15, 0.2) is 41.4 Å². The maximum absolute atomic E-state index is 12.2. The number of ether oxygens (including phenoxy) is 2. The lowest BCUT2D eigenvalue weighted by Gasteiger charge is -2.04. The molecule has 0 fully saturated rings. The Hall–Kier alpha value is -2.31. The van der Waals surface area contributed by atoms with E-state index in [1.54, 1.807) is 31.4 Å². The highest BCUT2D eigenvalue weighted by molar-refractivity contribution is 7.17. The van der Waals surface area contributed by atoms with E-state index in [1.807, 2.05) is 30.7 Å². The molecule has 130 valence electrons. The van der Waals surface area contributed by atoms with Crippen molar-refractivity contribution in [1.82, 2.24) is 4.57 Å². The number of hydrogen-bond donors (Lipinski definition) is 0. The predicted octanol–water partition coefficient (Wildman–Crippen LogP) is 3.72. The summed E-state index contributed by atoms with van der Waals surface area (Å²) < 4.78 is 13.4. The van der Waals surface area contributed by atoms with Crippen molar-refractivity contribution in [3.63, 3.8) is 0 Å². The van der Waals surface area contributed by atoms with Crippen molar-refractivity contribution >= 4 is 39.1 Å². The van der Waals surface area contributed by atoms with Gasteiger partial charge in [-0.25, -0.2) is 0 Å². The van der Waals surface area contributed by atoms with Crippen molar-refractivity contribution in [3.8, 4) is 11.5 Å². The van der Waals surface area contributed by atoms with Crippen LogP contribution >= 0.6 is 22.9 Å². The predicted molar refractivity (Wildman–Crippen MR) is 99.6 cm³/mol. The molecule has 0 spiro atoms. The molecule has 0 aliphatic heterocycles. The van der Waals surface area contributed by atoms with Gasteiger partial charge in [-0.3, -0.25) is 4.79 Å². The summed E-state index contributed by atoms with van der Waals surface area (Å²) in [6, 6.07) is 10.8. The average Bonchev–Trinajstić information content (AvgIpc) is 2.94. The first kappa shape index (κ1) is 17.5. The lowest BCUT2D eigenvalue weighted by atomic mass is 10.2. The summed E-state index contributed by atoms with van der Waals surface area (Å²) in [5.41, 5.74) is 2.07. The molecular formula is C18H17ClN2O3S. The lowest BCUT2D eigenvalue weighted by Crippen LogP contribution is -2.17. The highest BCUT2D eigenvalue weighted by Gasteiger charge is 2.10. The van der Waals surface area contributed by atoms with Gasteiger partial charge in [-0.05, 0) is 42.8 Å². The number of hydrogen-bond acceptors (Lipinski definition) is 4. The van der Waals surface area contributed by atoms with E-state index in [1.165, 1.54) is 11.3 Å². The zero-order valence-corrected chi connectivity index (χ0v) is 15.6. The SMILES string of the molecule is COc1ccc(OCC(=O)N=c2sc3c(Cl)ccc(C)c3n2C)cc1. The van der Waals surface area contributed by atoms with Crippen molar-refractivity contribution in [2.45, 2.75) is 6.92 Å². The molecule has 0 unspecified atom stereocenters. The molecule has 0 bridgehead atoms. The van der Waals surface area contributed by atoms with E-state index in [0.717, 1.165) is 21.5 Å². The number of aromatic nitrogens is 1. The van der Waals surface area contributed by atoms with Crippen LogP contribution in [0.1, 0.15) is 5.56 Å². The van der Waals surface area contributed by atoms with Crippen LogP contribution in [-0.4, -0.2) is 24.2 Å². The normalized spacial score (nSPS) is 11.8. The Morgan fingerprint density at radius 3 is 2.52 bits per heavy atom. The minimum atomic E-state index is -0.355. The second-order valence-electron chi connectivity index (χ2n) is 5.46. The van der Waals surface area contributed by atoms with Gasteiger partial charge in [-0.15, -0.1) is 0 Å². The fourth-order valence-corrected chi connectivity index (χ4v) is 3.85. The van der Waals surface area contributed by atoms with Crippen molar-refractivity contribution in [3.05, 3.63) is 51.8 Å². The van der Waals surface area contributed by atoms with Gasteiger partial charge < -0.3 is 14.0 Å². The number of benzene rings is 2. The summed E-state index contributed by atoms with van der Waals surface area (Å²) in [5, 5.41) is 0.657. The first-order chi connectivity index (χ1) is 12.0. The number of fused-ring (bicyclic) bond motifs is 1. The van der Waals surface area contributed by atoms with Crippen LogP contribution in [0.25, 0.3) is 10.2 Å². The molecular weight excluding hydrogens is 360 g/mol. The molecule has 0 aliphatic rings. The third kappa shape index (κ3) is 3.70. The molecule has 0 saturated heterocycles. The molecule has 7 heteroatoms. The summed E-state index contributed by atoms with van der Waals surface area (Å²) in [6.45, 7) is 1.87. The van der Waals surface area contributed by atoms with Crippen molar-refractivity contribution in [1.29, 1.82) is 0 Å². The minimum Gasteiger partial charge on any atom is -0.497 e. The van der Waals surface area contributed by atoms with Gasteiger partial charge in [-0.2, -0.15) is 4.99 Å². The Balaban J connectivity index is 1.81. The number of amides is 1. The number of carbonyl (C=O) groups is 1. The maximum atomic E-state index is 12.2. The summed E-state index contributed by atoms with van der Waals surface area (Å²) in [7, 11) is 3.47. The third-order valence-corrected chi connectivity index (χ3v) is 5.34. The van der Waals surface area contributed by atoms with Gasteiger partial charge in [0.15, 0.2) is 11.4 Å². The van der Waals surface area contributed by atoms with E-state index < -0.39 is 0 Å². The van der Waals surface area contributed by atoms with Gasteiger partial charge in [0.1, 0.15) is 11.5 Å². The number of rotatable bonds is 4. The topological polar surface area (TPSA) is 52.8 Å². The monoisotopic (exact) mass is 376 g/mol. The van der Waals surface area contributed by atoms with E-state index in [0.29, 0.717) is 15.6 Å². The standard InChI is InChI=1S/C18H17ClN2O3S/c1-11-4-9-14(19)17-16(11)21(2)18(25-17)20-15(22)10-24-13-7-5-12(23-3)6-8-13/h4-9H,10H2,1-3H3. The summed E-state index contributed by atoms with van der Waals surface area (Å²) in [5.74, 6) is 0.962. The van der Waals surface area contributed by atoms with Crippen LogP contribution in [0.2, 0.25) is 5.02 Å². The zero-order valence-electron chi connectivity index (χ0n) is 14.1. The molecule has 0 radical (unpaired) electrons. The van der Waals surface area contributed by atoms with Gasteiger partial charge in [0.25, 0.3) is 5.91 Å². The van der Waals surface area contributed by atoms with Gasteiger partial charge in [-0.1, -0.05) is 29.0 Å². The molecule has 1 aromatic heterocycles. The van der Waals surface area contributed by atoms with Crippen molar-refractivity contribution in [2.75, 3.05) is 13.7 Å². The van der Waals surface area contributed by atoms with Crippen LogP contribution in [0.4, 0.5) is 0 Å². The Bertz CT molecular complexity index is 990. The Morgan fingerprint density at radius 2 is 1.88 bits per heavy atom. The van der Waals surface area contributed by atoms with Gasteiger partial charge in [0.05, 0.1) is 22.3 Å². The highest BCUT2D eigenvalue weighted by Crippen LogP contribution is 2.28. The van der Waals surface area contributed by atoms with Gasteiger partial charge in [0.2, 0.25) is 0 Å². The number of methoxy groups -OCH3 is 1. The average molecular weight is 377 g/mol. The molecule has 25 heavy (non-hydrogen) atoms. The fraction of sp³-hybridized carbons (Fsp3) is 0.222. The Kier molecular flexibility index (Phi) is 5.11. The second-order valence-corrected chi connectivity index (χ2v) is 6.84. The van der Waals surface area contributed by atoms with Gasteiger partial charge >= 0.3 is 0 Å². The number of halogens is 1. The van der Waals surface area contributed by atoms with Crippen LogP contribution < -0.4 is 14.3 Å². The molecule has 0 N–H and O–H groups in total. The summed E-state index contributed by atoms with van der Waals surface area (Å²) in [4.78, 5) is 16.9. The van der Waals surface area contributed by atoms with E-state index in [-0.39, 0.29) is 12.5 Å². The molecule has 1 heterocycles. The number of aryl methyl sites for hydroxylation is 2. The molecule has 0 aliphatic carbocycles.